The fraction of sp³-hybridized carbons (Fsp3) is 0.133. The van der Waals surface area contributed by atoms with Crippen molar-refractivity contribution in [2.75, 3.05) is 12.4 Å². The number of carbonyl (C=O) groups excluding carboxylic acids is 1. The van der Waals surface area contributed by atoms with E-state index in [0.29, 0.717) is 32.7 Å². The highest BCUT2D eigenvalue weighted by Crippen LogP contribution is 2.34. The van der Waals surface area contributed by atoms with Crippen molar-refractivity contribution in [1.29, 1.82) is 0 Å². The molecule has 7 nitrogen and oxygen atoms in total. The second-order valence-electron chi connectivity index (χ2n) is 4.78. The first-order chi connectivity index (χ1) is 11.6. The van der Waals surface area contributed by atoms with Crippen LogP contribution in [0.3, 0.4) is 0 Å². The minimum Gasteiger partial charge on any atom is -0.494 e. The second kappa shape index (κ2) is 6.90. The number of amides is 1. The predicted octanol–water partition coefficient (Wildman–Crippen LogP) is 3.22. The number of nitrogens with zero attached hydrogens (tertiary/aromatic N) is 4. The van der Waals surface area contributed by atoms with Gasteiger partial charge >= 0.3 is 0 Å². The fourth-order valence-corrected chi connectivity index (χ4v) is 2.74. The number of pyridine rings is 2. The van der Waals surface area contributed by atoms with Gasteiger partial charge in [-0.05, 0) is 19.1 Å². The third-order valence-corrected chi connectivity index (χ3v) is 4.02. The van der Waals surface area contributed by atoms with Crippen molar-refractivity contribution < 1.29 is 9.53 Å². The monoisotopic (exact) mass is 361 g/mol. The van der Waals surface area contributed by atoms with Crippen molar-refractivity contribution in [2.45, 2.75) is 6.92 Å². The summed E-state index contributed by atoms with van der Waals surface area (Å²) in [5.41, 5.74) is 3.97. The molecule has 0 aliphatic carbocycles. The summed E-state index contributed by atoms with van der Waals surface area (Å²) in [6.07, 6.45) is 3.02. The maximum Gasteiger partial charge on any atom is 0.259 e. The fourth-order valence-electron chi connectivity index (χ4n) is 2.15. The number of aryl methyl sites for hydroxylation is 1. The van der Waals surface area contributed by atoms with Crippen LogP contribution in [0.25, 0.3) is 11.1 Å². The minimum absolute atomic E-state index is 0.302. The molecular weight excluding hydrogens is 350 g/mol. The molecule has 3 rings (SSSR count). The van der Waals surface area contributed by atoms with Crippen LogP contribution >= 0.6 is 22.9 Å². The zero-order chi connectivity index (χ0) is 17.1. The largest absolute Gasteiger partial charge is 0.494 e. The van der Waals surface area contributed by atoms with Crippen molar-refractivity contribution in [3.05, 3.63) is 46.4 Å². The lowest BCUT2D eigenvalue weighted by Gasteiger charge is -2.13. The molecule has 0 bridgehead atoms. The van der Waals surface area contributed by atoms with Crippen molar-refractivity contribution in [2.24, 2.45) is 0 Å². The van der Waals surface area contributed by atoms with Crippen LogP contribution < -0.4 is 10.1 Å². The Hall–Kier alpha value is -2.58. The Morgan fingerprint density at radius 3 is 2.79 bits per heavy atom. The highest BCUT2D eigenvalue weighted by molar-refractivity contribution is 7.13. The Bertz CT molecular complexity index is 886. The zero-order valence-corrected chi connectivity index (χ0v) is 14.4. The number of nitrogens with one attached hydrogen (secondary N) is 1. The Labute approximate surface area is 146 Å². The lowest BCUT2D eigenvalue weighted by Crippen LogP contribution is -2.14. The first-order valence-corrected chi connectivity index (χ1v) is 8.08. The van der Waals surface area contributed by atoms with Crippen LogP contribution in [-0.2, 0) is 0 Å². The van der Waals surface area contributed by atoms with E-state index in [4.69, 9.17) is 16.3 Å². The molecule has 0 atom stereocenters. The molecule has 0 radical (unpaired) electrons. The minimum atomic E-state index is -0.343. The molecule has 9 heteroatoms. The molecule has 3 aromatic rings. The summed E-state index contributed by atoms with van der Waals surface area (Å²) in [6.45, 7) is 1.84. The molecule has 0 saturated heterocycles. The number of halogens is 1. The van der Waals surface area contributed by atoms with Gasteiger partial charge in [0.1, 0.15) is 16.4 Å². The standard InChI is InChI=1S/C15H12ClN5O2S/c1-8-3-9(10-4-13(16)18-6-12(10)23-2)11(5-17-8)14(22)20-15-21-19-7-24-15/h3-7H,1-2H3,(H,20,21,22). The number of hydrogen-bond acceptors (Lipinski definition) is 7. The van der Waals surface area contributed by atoms with Crippen LogP contribution in [0.15, 0.2) is 30.0 Å². The van der Waals surface area contributed by atoms with Gasteiger partial charge in [-0.3, -0.25) is 15.1 Å². The molecule has 0 spiro atoms. The third kappa shape index (κ3) is 3.34. The molecule has 0 aliphatic rings. The van der Waals surface area contributed by atoms with Crippen molar-refractivity contribution in [1.82, 2.24) is 20.2 Å². The molecule has 3 heterocycles. The molecule has 0 unspecified atom stereocenters. The Kier molecular flexibility index (Phi) is 4.68. The van der Waals surface area contributed by atoms with Gasteiger partial charge in [-0.15, -0.1) is 10.2 Å². The summed E-state index contributed by atoms with van der Waals surface area (Å²) < 4.78 is 5.34. The van der Waals surface area contributed by atoms with Crippen LogP contribution in [0.1, 0.15) is 16.1 Å². The molecule has 0 saturated carbocycles. The smallest absolute Gasteiger partial charge is 0.259 e. The van der Waals surface area contributed by atoms with Crippen molar-refractivity contribution in [3.8, 4) is 16.9 Å². The predicted molar refractivity (Wildman–Crippen MR) is 91.6 cm³/mol. The average molecular weight is 362 g/mol. The normalized spacial score (nSPS) is 10.5. The molecule has 3 aromatic heterocycles. The molecule has 0 fully saturated rings. The van der Waals surface area contributed by atoms with Gasteiger partial charge in [0.25, 0.3) is 5.91 Å². The van der Waals surface area contributed by atoms with Crippen LogP contribution in [0.4, 0.5) is 5.13 Å². The number of methoxy groups -OCH3 is 1. The van der Waals surface area contributed by atoms with Gasteiger partial charge in [-0.2, -0.15) is 0 Å². The van der Waals surface area contributed by atoms with E-state index in [0.717, 1.165) is 5.69 Å². The van der Waals surface area contributed by atoms with Gasteiger partial charge in [0.15, 0.2) is 0 Å². The van der Waals surface area contributed by atoms with E-state index < -0.39 is 0 Å². The number of ether oxygens (including phenoxy) is 1. The topological polar surface area (TPSA) is 89.9 Å². The van der Waals surface area contributed by atoms with Gasteiger partial charge in [-0.1, -0.05) is 22.9 Å². The lowest BCUT2D eigenvalue weighted by molar-refractivity contribution is 0.102. The lowest BCUT2D eigenvalue weighted by atomic mass is 10.0. The summed E-state index contributed by atoms with van der Waals surface area (Å²) in [7, 11) is 1.53. The van der Waals surface area contributed by atoms with Crippen molar-refractivity contribution in [3.63, 3.8) is 0 Å². The SMILES string of the molecule is COc1cnc(Cl)cc1-c1cc(C)ncc1C(=O)Nc1nncs1. The maximum absolute atomic E-state index is 12.6. The van der Waals surface area contributed by atoms with Crippen LogP contribution in [-0.4, -0.2) is 33.2 Å². The number of aromatic nitrogens is 4. The first-order valence-electron chi connectivity index (χ1n) is 6.82. The molecule has 0 aliphatic heterocycles. The highest BCUT2D eigenvalue weighted by Gasteiger charge is 2.18. The Morgan fingerprint density at radius 2 is 2.08 bits per heavy atom. The Balaban J connectivity index is 2.09. The van der Waals surface area contributed by atoms with Crippen LogP contribution in [0, 0.1) is 6.92 Å². The molecule has 0 aromatic carbocycles. The van der Waals surface area contributed by atoms with Crippen molar-refractivity contribution >= 4 is 34.0 Å². The van der Waals surface area contributed by atoms with Gasteiger partial charge in [0.05, 0.1) is 18.9 Å². The number of hydrogen-bond donors (Lipinski definition) is 1. The summed E-state index contributed by atoms with van der Waals surface area (Å²) >= 11 is 7.24. The number of carbonyl (C=O) groups is 1. The number of anilines is 1. The van der Waals surface area contributed by atoms with E-state index in [1.807, 2.05) is 6.92 Å². The van der Waals surface area contributed by atoms with Gasteiger partial charge < -0.3 is 4.74 Å². The summed E-state index contributed by atoms with van der Waals surface area (Å²) in [4.78, 5) is 20.8. The summed E-state index contributed by atoms with van der Waals surface area (Å²) in [5.74, 6) is 0.166. The van der Waals surface area contributed by atoms with Gasteiger partial charge in [-0.25, -0.2) is 4.98 Å². The summed E-state index contributed by atoms with van der Waals surface area (Å²) in [5, 5.41) is 10.9. The highest BCUT2D eigenvalue weighted by atomic mass is 35.5. The van der Waals surface area contributed by atoms with Crippen LogP contribution in [0.5, 0.6) is 5.75 Å². The van der Waals surface area contributed by atoms with E-state index in [9.17, 15) is 4.79 Å². The zero-order valence-electron chi connectivity index (χ0n) is 12.8. The summed E-state index contributed by atoms with van der Waals surface area (Å²) in [6, 6.07) is 3.44. The molecule has 24 heavy (non-hydrogen) atoms. The Morgan fingerprint density at radius 1 is 1.25 bits per heavy atom. The van der Waals surface area contributed by atoms with E-state index in [2.05, 4.69) is 25.5 Å². The van der Waals surface area contributed by atoms with Gasteiger partial charge in [0.2, 0.25) is 5.13 Å². The van der Waals surface area contributed by atoms with E-state index in [-0.39, 0.29) is 5.91 Å². The van der Waals surface area contributed by atoms with E-state index in [1.165, 1.54) is 36.4 Å². The molecule has 1 amide bonds. The second-order valence-corrected chi connectivity index (χ2v) is 6.00. The number of rotatable bonds is 4. The third-order valence-electron chi connectivity index (χ3n) is 3.21. The van der Waals surface area contributed by atoms with E-state index in [1.54, 1.807) is 12.1 Å². The molecule has 1 N–H and O–H groups in total. The van der Waals surface area contributed by atoms with Gasteiger partial charge in [0, 0.05) is 23.0 Å². The molecule has 122 valence electrons. The first kappa shape index (κ1) is 16.3. The maximum atomic E-state index is 12.6. The van der Waals surface area contributed by atoms with Crippen LogP contribution in [0.2, 0.25) is 5.15 Å². The quantitative estimate of drug-likeness (QED) is 0.717. The average Bonchev–Trinajstić information content (AvgIpc) is 3.07. The molecular formula is C15H12ClN5O2S. The van der Waals surface area contributed by atoms with E-state index >= 15 is 0 Å².